The van der Waals surface area contributed by atoms with E-state index in [2.05, 4.69) is 39.9 Å². The van der Waals surface area contributed by atoms with E-state index >= 15 is 0 Å². The first-order valence-electron chi connectivity index (χ1n) is 6.12. The van der Waals surface area contributed by atoms with Gasteiger partial charge in [0.05, 0.1) is 0 Å². The van der Waals surface area contributed by atoms with Gasteiger partial charge in [0.1, 0.15) is 0 Å². The van der Waals surface area contributed by atoms with Gasteiger partial charge in [-0.15, -0.1) is 0 Å². The fourth-order valence-corrected chi connectivity index (χ4v) is 2.42. The molecule has 0 aliphatic heterocycles. The van der Waals surface area contributed by atoms with Crippen molar-refractivity contribution < 1.29 is 4.79 Å². The van der Waals surface area contributed by atoms with E-state index in [1.807, 2.05) is 37.4 Å². The van der Waals surface area contributed by atoms with E-state index in [0.717, 1.165) is 23.0 Å². The van der Waals surface area contributed by atoms with E-state index in [-0.39, 0.29) is 0 Å². The van der Waals surface area contributed by atoms with Gasteiger partial charge in [-0.3, -0.25) is 4.79 Å². The van der Waals surface area contributed by atoms with E-state index in [1.54, 1.807) is 0 Å². The standard InChI is InChI=1S/C16H16BrNO/c1-12-5-3-4-6-13(12)10-18(2)16-9-15(17)8-7-14(16)11-19/h3-9,11H,10H2,1-2H3. The third kappa shape index (κ3) is 3.24. The molecule has 0 fully saturated rings. The van der Waals surface area contributed by atoms with E-state index in [9.17, 15) is 4.79 Å². The van der Waals surface area contributed by atoms with Crippen LogP contribution in [-0.4, -0.2) is 13.3 Å². The van der Waals surface area contributed by atoms with Crippen molar-refractivity contribution in [1.29, 1.82) is 0 Å². The number of nitrogens with zero attached hydrogens (tertiary/aromatic N) is 1. The minimum Gasteiger partial charge on any atom is -0.370 e. The lowest BCUT2D eigenvalue weighted by Crippen LogP contribution is -2.18. The maximum absolute atomic E-state index is 11.1. The number of aldehydes is 1. The molecular formula is C16H16BrNO. The summed E-state index contributed by atoms with van der Waals surface area (Å²) in [7, 11) is 2.00. The molecule has 0 bridgehead atoms. The Labute approximate surface area is 122 Å². The van der Waals surface area contributed by atoms with E-state index in [0.29, 0.717) is 5.56 Å². The molecule has 2 aromatic rings. The highest BCUT2D eigenvalue weighted by atomic mass is 79.9. The summed E-state index contributed by atoms with van der Waals surface area (Å²) in [6, 6.07) is 14.0. The lowest BCUT2D eigenvalue weighted by molar-refractivity contribution is 0.112. The normalized spacial score (nSPS) is 10.3. The summed E-state index contributed by atoms with van der Waals surface area (Å²) >= 11 is 3.45. The molecule has 0 saturated carbocycles. The van der Waals surface area contributed by atoms with Gasteiger partial charge in [-0.05, 0) is 36.2 Å². The third-order valence-electron chi connectivity index (χ3n) is 3.20. The monoisotopic (exact) mass is 317 g/mol. The fourth-order valence-electron chi connectivity index (χ4n) is 2.08. The third-order valence-corrected chi connectivity index (χ3v) is 3.69. The zero-order valence-corrected chi connectivity index (χ0v) is 12.6. The molecular weight excluding hydrogens is 302 g/mol. The molecule has 2 rings (SSSR count). The summed E-state index contributed by atoms with van der Waals surface area (Å²) in [5.74, 6) is 0. The predicted molar refractivity (Wildman–Crippen MR) is 82.8 cm³/mol. The average Bonchev–Trinajstić information content (AvgIpc) is 2.41. The summed E-state index contributed by atoms with van der Waals surface area (Å²) in [4.78, 5) is 13.2. The SMILES string of the molecule is Cc1ccccc1CN(C)c1cc(Br)ccc1C=O. The summed E-state index contributed by atoms with van der Waals surface area (Å²) in [5.41, 5.74) is 4.17. The lowest BCUT2D eigenvalue weighted by atomic mass is 10.1. The molecule has 19 heavy (non-hydrogen) atoms. The van der Waals surface area contributed by atoms with Crippen LogP contribution in [0.15, 0.2) is 46.9 Å². The van der Waals surface area contributed by atoms with Crippen molar-refractivity contribution >= 4 is 27.9 Å². The summed E-state index contributed by atoms with van der Waals surface area (Å²) in [6.45, 7) is 2.88. The fraction of sp³-hybridized carbons (Fsp3) is 0.188. The number of benzene rings is 2. The van der Waals surface area contributed by atoms with E-state index < -0.39 is 0 Å². The largest absolute Gasteiger partial charge is 0.370 e. The summed E-state index contributed by atoms with van der Waals surface area (Å²) < 4.78 is 0.977. The van der Waals surface area contributed by atoms with Gasteiger partial charge in [-0.2, -0.15) is 0 Å². The van der Waals surface area contributed by atoms with Gasteiger partial charge in [-0.25, -0.2) is 0 Å². The predicted octanol–water partition coefficient (Wildman–Crippen LogP) is 4.21. The van der Waals surface area contributed by atoms with Crippen LogP contribution in [0.5, 0.6) is 0 Å². The van der Waals surface area contributed by atoms with Crippen LogP contribution in [0.1, 0.15) is 21.5 Å². The van der Waals surface area contributed by atoms with Crippen molar-refractivity contribution in [3.63, 3.8) is 0 Å². The van der Waals surface area contributed by atoms with Crippen LogP contribution in [0.4, 0.5) is 5.69 Å². The molecule has 0 heterocycles. The zero-order valence-electron chi connectivity index (χ0n) is 11.1. The average molecular weight is 318 g/mol. The van der Waals surface area contributed by atoms with Gasteiger partial charge in [0.2, 0.25) is 0 Å². The molecule has 3 heteroatoms. The second kappa shape index (κ2) is 6.02. The molecule has 0 atom stereocenters. The van der Waals surface area contributed by atoms with Gasteiger partial charge < -0.3 is 4.90 Å². The Hall–Kier alpha value is -1.61. The van der Waals surface area contributed by atoms with Crippen LogP contribution in [-0.2, 0) is 6.54 Å². The number of aryl methyl sites for hydroxylation is 1. The molecule has 2 nitrogen and oxygen atoms in total. The molecule has 0 aliphatic rings. The van der Waals surface area contributed by atoms with Gasteiger partial charge in [0.25, 0.3) is 0 Å². The van der Waals surface area contributed by atoms with Crippen LogP contribution < -0.4 is 4.90 Å². The Bertz CT molecular complexity index is 595. The van der Waals surface area contributed by atoms with Crippen molar-refractivity contribution in [2.75, 3.05) is 11.9 Å². The second-order valence-electron chi connectivity index (χ2n) is 4.60. The number of rotatable bonds is 4. The molecule has 0 saturated heterocycles. The van der Waals surface area contributed by atoms with E-state index in [4.69, 9.17) is 0 Å². The molecule has 0 aliphatic carbocycles. The number of hydrogen-bond donors (Lipinski definition) is 0. The van der Waals surface area contributed by atoms with Crippen molar-refractivity contribution in [3.8, 4) is 0 Å². The number of halogens is 1. The van der Waals surface area contributed by atoms with E-state index in [1.165, 1.54) is 11.1 Å². The van der Waals surface area contributed by atoms with Crippen LogP contribution >= 0.6 is 15.9 Å². The molecule has 98 valence electrons. The van der Waals surface area contributed by atoms with Crippen molar-refractivity contribution in [3.05, 3.63) is 63.6 Å². The Kier molecular flexibility index (Phi) is 4.38. The minimum atomic E-state index is 0.708. The highest BCUT2D eigenvalue weighted by molar-refractivity contribution is 9.10. The topological polar surface area (TPSA) is 20.3 Å². The van der Waals surface area contributed by atoms with Crippen LogP contribution in [0.25, 0.3) is 0 Å². The van der Waals surface area contributed by atoms with Crippen LogP contribution in [0, 0.1) is 6.92 Å². The highest BCUT2D eigenvalue weighted by Crippen LogP contribution is 2.25. The van der Waals surface area contributed by atoms with Gasteiger partial charge in [0, 0.05) is 29.3 Å². The van der Waals surface area contributed by atoms with Crippen molar-refractivity contribution in [1.82, 2.24) is 0 Å². The molecule has 2 aromatic carbocycles. The molecule has 0 unspecified atom stereocenters. The zero-order chi connectivity index (χ0) is 13.8. The molecule has 0 amide bonds. The molecule has 0 N–H and O–H groups in total. The van der Waals surface area contributed by atoms with Gasteiger partial charge >= 0.3 is 0 Å². The number of carbonyl (C=O) groups excluding carboxylic acids is 1. The van der Waals surface area contributed by atoms with Crippen molar-refractivity contribution in [2.24, 2.45) is 0 Å². The summed E-state index contributed by atoms with van der Waals surface area (Å²) in [5, 5.41) is 0. The van der Waals surface area contributed by atoms with Gasteiger partial charge in [-0.1, -0.05) is 40.2 Å². The first kappa shape index (κ1) is 13.8. The Morgan fingerprint density at radius 3 is 2.63 bits per heavy atom. The lowest BCUT2D eigenvalue weighted by Gasteiger charge is -2.22. The maximum atomic E-state index is 11.1. The quantitative estimate of drug-likeness (QED) is 0.787. The molecule has 0 spiro atoms. The van der Waals surface area contributed by atoms with Crippen LogP contribution in [0.3, 0.4) is 0 Å². The first-order valence-corrected chi connectivity index (χ1v) is 6.91. The minimum absolute atomic E-state index is 0.708. The van der Waals surface area contributed by atoms with Crippen LogP contribution in [0.2, 0.25) is 0 Å². The molecule has 0 radical (unpaired) electrons. The van der Waals surface area contributed by atoms with Crippen molar-refractivity contribution in [2.45, 2.75) is 13.5 Å². The highest BCUT2D eigenvalue weighted by Gasteiger charge is 2.09. The second-order valence-corrected chi connectivity index (χ2v) is 5.52. The van der Waals surface area contributed by atoms with Gasteiger partial charge in [0.15, 0.2) is 6.29 Å². The maximum Gasteiger partial charge on any atom is 0.152 e. The number of carbonyl (C=O) groups is 1. The first-order chi connectivity index (χ1) is 9.11. The number of hydrogen-bond acceptors (Lipinski definition) is 2. The Balaban J connectivity index is 2.30. The summed E-state index contributed by atoms with van der Waals surface area (Å²) in [6.07, 6.45) is 0.899. The smallest absolute Gasteiger partial charge is 0.152 e. The Morgan fingerprint density at radius 2 is 1.95 bits per heavy atom. The Morgan fingerprint density at radius 1 is 1.21 bits per heavy atom. The number of anilines is 1. The molecule has 0 aromatic heterocycles.